The van der Waals surface area contributed by atoms with Gasteiger partial charge in [-0.1, -0.05) is 19.2 Å². The molecule has 0 aromatic heterocycles. The highest BCUT2D eigenvalue weighted by atomic mass is 32.2. The van der Waals surface area contributed by atoms with Crippen LogP contribution in [0.5, 0.6) is 11.5 Å². The first kappa shape index (κ1) is 34.1. The molecule has 2 unspecified atom stereocenters. The lowest BCUT2D eigenvalue weighted by molar-refractivity contribution is -0.156. The molecule has 42 heavy (non-hydrogen) atoms. The average Bonchev–Trinajstić information content (AvgIpc) is 3.71. The third kappa shape index (κ3) is 11.7. The van der Waals surface area contributed by atoms with E-state index in [2.05, 4.69) is 13.2 Å². The Hall–Kier alpha value is -2.42. The highest BCUT2D eigenvalue weighted by molar-refractivity contribution is 8.21. The number of thioether (sulfide) groups is 4. The standard InChI is InChI=1S/C28H34O10S4/c1-17(2)23(29)37-21(15-35-25(31)27-39-8-9-40-27)13-33-19-6-5-7-20(12-19)34-14-22(38-24(30)18(3)4)16-36-26(32)28-41-10-11-42-28/h5-7,12,21-22,27-28H,1,3,8-11,13-16H2,2,4H3. The molecule has 2 saturated heterocycles. The molecular weight excluding hydrogens is 625 g/mol. The maximum absolute atomic E-state index is 12.3. The van der Waals surface area contributed by atoms with Crippen LogP contribution in [-0.4, -0.2) is 94.7 Å². The molecule has 2 atom stereocenters. The zero-order valence-corrected chi connectivity index (χ0v) is 26.7. The molecule has 1 aromatic carbocycles. The summed E-state index contributed by atoms with van der Waals surface area (Å²) in [5.41, 5.74) is 0.411. The van der Waals surface area contributed by atoms with Gasteiger partial charge in [0.15, 0.2) is 12.2 Å². The van der Waals surface area contributed by atoms with Crippen molar-refractivity contribution in [2.24, 2.45) is 0 Å². The van der Waals surface area contributed by atoms with Crippen molar-refractivity contribution in [1.29, 1.82) is 0 Å². The fourth-order valence-corrected chi connectivity index (χ4v) is 8.38. The Balaban J connectivity index is 1.56. The Labute approximate surface area is 262 Å². The molecule has 2 fully saturated rings. The predicted octanol–water partition coefficient (Wildman–Crippen LogP) is 4.12. The molecule has 3 rings (SSSR count). The summed E-state index contributed by atoms with van der Waals surface area (Å²) >= 11 is 6.07. The van der Waals surface area contributed by atoms with E-state index in [1.54, 1.807) is 24.3 Å². The van der Waals surface area contributed by atoms with Crippen LogP contribution in [0.3, 0.4) is 0 Å². The summed E-state index contributed by atoms with van der Waals surface area (Å²) in [6.45, 7) is 9.70. The SMILES string of the molecule is C=C(C)C(=O)OC(COC(=O)C1SCCS1)COc1cccc(OCC(COC(=O)C2SCCS2)OC(=O)C(=C)C)c1. The molecule has 14 heteroatoms. The lowest BCUT2D eigenvalue weighted by Crippen LogP contribution is -2.32. The van der Waals surface area contributed by atoms with E-state index in [1.807, 2.05) is 0 Å². The van der Waals surface area contributed by atoms with Crippen molar-refractivity contribution in [3.8, 4) is 11.5 Å². The molecule has 10 nitrogen and oxygen atoms in total. The molecule has 0 saturated carbocycles. The van der Waals surface area contributed by atoms with Gasteiger partial charge in [0.05, 0.1) is 0 Å². The number of esters is 4. The summed E-state index contributed by atoms with van der Waals surface area (Å²) in [6.07, 6.45) is -1.73. The van der Waals surface area contributed by atoms with Crippen molar-refractivity contribution in [3.63, 3.8) is 0 Å². The van der Waals surface area contributed by atoms with E-state index in [0.717, 1.165) is 23.0 Å². The summed E-state index contributed by atoms with van der Waals surface area (Å²) in [5, 5.41) is 0. The summed E-state index contributed by atoms with van der Waals surface area (Å²) < 4.78 is 32.7. The fourth-order valence-electron chi connectivity index (χ4n) is 3.24. The van der Waals surface area contributed by atoms with Gasteiger partial charge in [-0.25, -0.2) is 19.2 Å². The highest BCUT2D eigenvalue weighted by Gasteiger charge is 2.29. The van der Waals surface area contributed by atoms with Gasteiger partial charge in [-0.3, -0.25) is 0 Å². The maximum atomic E-state index is 12.3. The van der Waals surface area contributed by atoms with E-state index in [1.165, 1.54) is 60.9 Å². The number of hydrogen-bond acceptors (Lipinski definition) is 14. The van der Waals surface area contributed by atoms with E-state index < -0.39 is 24.1 Å². The third-order valence-electron chi connectivity index (χ3n) is 5.37. The number of ether oxygens (including phenoxy) is 6. The van der Waals surface area contributed by atoms with E-state index in [0.29, 0.717) is 11.5 Å². The number of benzene rings is 1. The van der Waals surface area contributed by atoms with Crippen molar-refractivity contribution >= 4 is 70.9 Å². The lowest BCUT2D eigenvalue weighted by Gasteiger charge is -2.20. The Morgan fingerprint density at radius 2 is 1.10 bits per heavy atom. The normalized spacial score (nSPS) is 16.6. The van der Waals surface area contributed by atoms with Gasteiger partial charge in [0.25, 0.3) is 0 Å². The molecule has 230 valence electrons. The highest BCUT2D eigenvalue weighted by Crippen LogP contribution is 2.33. The second-order valence-corrected chi connectivity index (χ2v) is 14.6. The van der Waals surface area contributed by atoms with Crippen LogP contribution in [0.2, 0.25) is 0 Å². The van der Waals surface area contributed by atoms with Crippen LogP contribution in [0.1, 0.15) is 13.8 Å². The second kappa shape index (κ2) is 17.6. The van der Waals surface area contributed by atoms with Gasteiger partial charge >= 0.3 is 23.9 Å². The van der Waals surface area contributed by atoms with E-state index >= 15 is 0 Å². The Bertz CT molecular complexity index is 1050. The number of rotatable bonds is 16. The van der Waals surface area contributed by atoms with Crippen molar-refractivity contribution in [1.82, 2.24) is 0 Å². The number of carbonyl (C=O) groups excluding carboxylic acids is 4. The second-order valence-electron chi connectivity index (χ2n) is 9.12. The van der Waals surface area contributed by atoms with E-state index in [9.17, 15) is 19.2 Å². The quantitative estimate of drug-likeness (QED) is 0.144. The summed E-state index contributed by atoms with van der Waals surface area (Å²) in [6, 6.07) is 6.65. The fraction of sp³-hybridized carbons (Fsp3) is 0.500. The molecule has 0 aliphatic carbocycles. The zero-order chi connectivity index (χ0) is 30.5. The summed E-state index contributed by atoms with van der Waals surface area (Å²) in [4.78, 5) is 48.9. The van der Waals surface area contributed by atoms with Crippen molar-refractivity contribution < 1.29 is 47.6 Å². The summed E-state index contributed by atoms with van der Waals surface area (Å²) in [7, 11) is 0. The summed E-state index contributed by atoms with van der Waals surface area (Å²) in [5.74, 6) is 2.31. The monoisotopic (exact) mass is 658 g/mol. The van der Waals surface area contributed by atoms with Crippen LogP contribution in [0.15, 0.2) is 48.6 Å². The van der Waals surface area contributed by atoms with Gasteiger partial charge in [-0.2, -0.15) is 0 Å². The molecule has 0 N–H and O–H groups in total. The molecule has 2 aliphatic heterocycles. The molecule has 0 radical (unpaired) electrons. The van der Waals surface area contributed by atoms with Crippen LogP contribution in [0.4, 0.5) is 0 Å². The van der Waals surface area contributed by atoms with Gasteiger partial charge in [0.2, 0.25) is 0 Å². The number of carbonyl (C=O) groups is 4. The average molecular weight is 659 g/mol. The first-order chi connectivity index (χ1) is 20.1. The van der Waals surface area contributed by atoms with Crippen molar-refractivity contribution in [3.05, 3.63) is 48.6 Å². The Morgan fingerprint density at radius 1 is 0.714 bits per heavy atom. The minimum absolute atomic E-state index is 0.0906. The van der Waals surface area contributed by atoms with E-state index in [-0.39, 0.29) is 58.7 Å². The van der Waals surface area contributed by atoms with Gasteiger partial charge in [0.1, 0.15) is 47.1 Å². The predicted molar refractivity (Wildman–Crippen MR) is 166 cm³/mol. The van der Waals surface area contributed by atoms with Crippen LogP contribution in [-0.2, 0) is 38.1 Å². The lowest BCUT2D eigenvalue weighted by atomic mass is 10.3. The van der Waals surface area contributed by atoms with Crippen molar-refractivity contribution in [2.45, 2.75) is 35.2 Å². The molecule has 0 amide bonds. The topological polar surface area (TPSA) is 124 Å². The van der Waals surface area contributed by atoms with Crippen molar-refractivity contribution in [2.75, 3.05) is 49.4 Å². The van der Waals surface area contributed by atoms with Gasteiger partial charge in [0, 0.05) is 40.2 Å². The maximum Gasteiger partial charge on any atom is 0.333 e. The number of hydrogen-bond donors (Lipinski definition) is 0. The first-order valence-electron chi connectivity index (χ1n) is 13.0. The molecular formula is C28H34O10S4. The van der Waals surface area contributed by atoms with Crippen LogP contribution in [0, 0.1) is 0 Å². The molecule has 2 aliphatic rings. The Kier molecular flexibility index (Phi) is 14.3. The van der Waals surface area contributed by atoms with Crippen LogP contribution in [0.25, 0.3) is 0 Å². The van der Waals surface area contributed by atoms with Crippen LogP contribution < -0.4 is 9.47 Å². The van der Waals surface area contributed by atoms with Gasteiger partial charge in [-0.05, 0) is 26.0 Å². The largest absolute Gasteiger partial charge is 0.489 e. The first-order valence-corrected chi connectivity index (χ1v) is 17.2. The van der Waals surface area contributed by atoms with Crippen LogP contribution >= 0.6 is 47.0 Å². The van der Waals surface area contributed by atoms with E-state index in [4.69, 9.17) is 28.4 Å². The minimum Gasteiger partial charge on any atom is -0.489 e. The minimum atomic E-state index is -0.865. The molecule has 2 heterocycles. The molecule has 0 spiro atoms. The third-order valence-corrected chi connectivity index (χ3v) is 11.3. The van der Waals surface area contributed by atoms with Gasteiger partial charge < -0.3 is 28.4 Å². The molecule has 1 aromatic rings. The molecule has 0 bridgehead atoms. The zero-order valence-electron chi connectivity index (χ0n) is 23.4. The Morgan fingerprint density at radius 3 is 1.45 bits per heavy atom. The van der Waals surface area contributed by atoms with Gasteiger partial charge in [-0.15, -0.1) is 47.0 Å². The smallest absolute Gasteiger partial charge is 0.333 e.